The second-order valence-corrected chi connectivity index (χ2v) is 16.8. The maximum Gasteiger partial charge on any atom is 0.143 e. The van der Waals surface area contributed by atoms with Crippen molar-refractivity contribution in [3.63, 3.8) is 0 Å². The van der Waals surface area contributed by atoms with E-state index in [1.807, 2.05) is 6.07 Å². The third-order valence-electron chi connectivity index (χ3n) is 13.5. The number of para-hydroxylation sites is 5. The van der Waals surface area contributed by atoms with Gasteiger partial charge in [-0.2, -0.15) is 0 Å². The second-order valence-electron chi connectivity index (χ2n) is 16.8. The highest BCUT2D eigenvalue weighted by Crippen LogP contribution is 2.65. The molecule has 3 nitrogen and oxygen atoms in total. The Labute approximate surface area is 372 Å². The number of benzene rings is 10. The zero-order valence-corrected chi connectivity index (χ0v) is 34.9. The first-order valence-corrected chi connectivity index (χ1v) is 22.0. The summed E-state index contributed by atoms with van der Waals surface area (Å²) >= 11 is 0. The van der Waals surface area contributed by atoms with Crippen LogP contribution in [0.1, 0.15) is 22.3 Å². The molecule has 0 unspecified atom stereocenters. The molecule has 0 saturated heterocycles. The average molecular weight is 817 g/mol. The molecule has 1 aliphatic heterocycles. The maximum absolute atomic E-state index is 6.60. The van der Waals surface area contributed by atoms with Crippen LogP contribution in [0.4, 0.5) is 34.1 Å². The molecule has 0 fully saturated rings. The summed E-state index contributed by atoms with van der Waals surface area (Å²) in [6.45, 7) is 0. The number of hydrogen-bond donors (Lipinski definition) is 0. The molecule has 3 heteroatoms. The first-order valence-electron chi connectivity index (χ1n) is 22.0. The molecule has 0 N–H and O–H groups in total. The van der Waals surface area contributed by atoms with E-state index < -0.39 is 5.41 Å². The number of hydrogen-bond acceptors (Lipinski definition) is 3. The molecule has 2 aliphatic rings. The fourth-order valence-electron chi connectivity index (χ4n) is 10.8. The average Bonchev–Trinajstić information content (AvgIpc) is 3.90. The molecule has 0 saturated carbocycles. The van der Waals surface area contributed by atoms with Gasteiger partial charge in [0.1, 0.15) is 11.2 Å². The minimum absolute atomic E-state index is 0.581. The quantitative estimate of drug-likeness (QED) is 0.167. The van der Waals surface area contributed by atoms with Gasteiger partial charge < -0.3 is 14.2 Å². The van der Waals surface area contributed by atoms with Crippen molar-refractivity contribution in [1.29, 1.82) is 0 Å². The molecule has 1 aliphatic carbocycles. The molecule has 64 heavy (non-hydrogen) atoms. The Kier molecular flexibility index (Phi) is 8.13. The van der Waals surface area contributed by atoms with E-state index in [-0.39, 0.29) is 0 Å². The Hall–Kier alpha value is -8.40. The summed E-state index contributed by atoms with van der Waals surface area (Å²) in [5, 5.41) is 2.24. The largest absolute Gasteiger partial charge is 0.455 e. The lowest BCUT2D eigenvalue weighted by molar-refractivity contribution is 0.670. The molecule has 1 spiro atoms. The molecular weight excluding hydrogens is 777 g/mol. The van der Waals surface area contributed by atoms with Crippen LogP contribution in [0.2, 0.25) is 0 Å². The highest BCUT2D eigenvalue weighted by Gasteiger charge is 2.52. The van der Waals surface area contributed by atoms with Crippen LogP contribution in [-0.4, -0.2) is 0 Å². The Morgan fingerprint density at radius 1 is 0.375 bits per heavy atom. The van der Waals surface area contributed by atoms with Gasteiger partial charge in [-0.3, -0.25) is 0 Å². The van der Waals surface area contributed by atoms with Crippen LogP contribution < -0.4 is 9.80 Å². The van der Waals surface area contributed by atoms with Crippen LogP contribution in [0.25, 0.3) is 55.3 Å². The minimum Gasteiger partial charge on any atom is -0.455 e. The molecule has 300 valence electrons. The number of anilines is 6. The van der Waals surface area contributed by atoms with E-state index in [2.05, 4.69) is 246 Å². The summed E-state index contributed by atoms with van der Waals surface area (Å²) < 4.78 is 6.60. The van der Waals surface area contributed by atoms with E-state index in [4.69, 9.17) is 4.42 Å². The Morgan fingerprint density at radius 2 is 0.938 bits per heavy atom. The van der Waals surface area contributed by atoms with Crippen molar-refractivity contribution in [2.45, 2.75) is 5.41 Å². The lowest BCUT2D eigenvalue weighted by Crippen LogP contribution is -2.36. The highest BCUT2D eigenvalue weighted by molar-refractivity contribution is 6.10. The Morgan fingerprint density at radius 3 is 1.72 bits per heavy atom. The van der Waals surface area contributed by atoms with E-state index >= 15 is 0 Å². The van der Waals surface area contributed by atoms with Crippen LogP contribution in [0.5, 0.6) is 0 Å². The van der Waals surface area contributed by atoms with Crippen LogP contribution in [0, 0.1) is 0 Å². The number of furan rings is 1. The lowest BCUT2D eigenvalue weighted by Gasteiger charge is -2.45. The van der Waals surface area contributed by atoms with E-state index in [9.17, 15) is 0 Å². The van der Waals surface area contributed by atoms with Gasteiger partial charge in [0.05, 0.1) is 22.5 Å². The molecule has 0 atom stereocenters. The zero-order valence-electron chi connectivity index (χ0n) is 34.9. The summed E-state index contributed by atoms with van der Waals surface area (Å²) in [5.74, 6) is 0. The van der Waals surface area contributed by atoms with E-state index in [0.717, 1.165) is 55.8 Å². The molecule has 0 amide bonds. The first kappa shape index (κ1) is 36.3. The minimum atomic E-state index is -0.581. The Bertz CT molecular complexity index is 3520. The smallest absolute Gasteiger partial charge is 0.143 e. The van der Waals surface area contributed by atoms with Crippen molar-refractivity contribution in [3.05, 3.63) is 265 Å². The van der Waals surface area contributed by atoms with Crippen LogP contribution in [0.15, 0.2) is 247 Å². The van der Waals surface area contributed by atoms with Gasteiger partial charge in [-0.1, -0.05) is 182 Å². The van der Waals surface area contributed by atoms with Gasteiger partial charge >= 0.3 is 0 Å². The standard InChI is InChI=1S/C61H40N2O/c1-3-18-41(19-4-1)42-36-38-45(39-37-42)62(46-23-15-20-43(40-46)47-26-16-27-49-48-24-8-14-35-58(48)64-60(47)49)57-34-17-31-54-59(57)50-25-7-9-28-51(50)61(54)52-29-10-12-32-55(52)63(44-21-5-2-6-22-44)56-33-13-11-30-53(56)61/h1-40H. The Balaban J connectivity index is 1.07. The van der Waals surface area contributed by atoms with E-state index in [0.29, 0.717) is 0 Å². The normalized spacial score (nSPS) is 13.1. The van der Waals surface area contributed by atoms with Crippen molar-refractivity contribution in [2.75, 3.05) is 9.80 Å². The molecular formula is C61H40N2O. The van der Waals surface area contributed by atoms with Crippen molar-refractivity contribution < 1.29 is 4.42 Å². The number of rotatable bonds is 6. The fourth-order valence-corrected chi connectivity index (χ4v) is 10.8. The fraction of sp³-hybridized carbons (Fsp3) is 0.0164. The monoisotopic (exact) mass is 816 g/mol. The van der Waals surface area contributed by atoms with E-state index in [1.54, 1.807) is 0 Å². The van der Waals surface area contributed by atoms with Gasteiger partial charge in [0, 0.05) is 39.0 Å². The third kappa shape index (κ3) is 5.28. The van der Waals surface area contributed by atoms with Gasteiger partial charge in [0.25, 0.3) is 0 Å². The van der Waals surface area contributed by atoms with Crippen LogP contribution >= 0.6 is 0 Å². The van der Waals surface area contributed by atoms with Crippen molar-refractivity contribution in [2.24, 2.45) is 0 Å². The summed E-state index contributed by atoms with van der Waals surface area (Å²) in [6, 6.07) is 88.3. The number of fused-ring (bicyclic) bond motifs is 12. The maximum atomic E-state index is 6.60. The zero-order chi connectivity index (χ0) is 42.2. The van der Waals surface area contributed by atoms with Gasteiger partial charge in [-0.15, -0.1) is 0 Å². The highest BCUT2D eigenvalue weighted by atomic mass is 16.3. The summed E-state index contributed by atoms with van der Waals surface area (Å²) in [4.78, 5) is 4.90. The predicted molar refractivity (Wildman–Crippen MR) is 265 cm³/mol. The summed E-state index contributed by atoms with van der Waals surface area (Å²) in [5.41, 5.74) is 20.0. The molecule has 0 radical (unpaired) electrons. The van der Waals surface area contributed by atoms with Crippen LogP contribution in [-0.2, 0) is 5.41 Å². The third-order valence-corrected chi connectivity index (χ3v) is 13.5. The van der Waals surface area contributed by atoms with Gasteiger partial charge in [-0.25, -0.2) is 0 Å². The lowest BCUT2D eigenvalue weighted by atomic mass is 9.64. The van der Waals surface area contributed by atoms with E-state index in [1.165, 1.54) is 55.9 Å². The van der Waals surface area contributed by atoms with Crippen LogP contribution in [0.3, 0.4) is 0 Å². The second kappa shape index (κ2) is 14.3. The molecule has 11 aromatic rings. The molecule has 0 bridgehead atoms. The van der Waals surface area contributed by atoms with Gasteiger partial charge in [0.15, 0.2) is 0 Å². The molecule has 2 heterocycles. The van der Waals surface area contributed by atoms with Crippen molar-refractivity contribution >= 4 is 56.1 Å². The topological polar surface area (TPSA) is 19.6 Å². The molecule has 1 aromatic heterocycles. The summed E-state index contributed by atoms with van der Waals surface area (Å²) in [6.07, 6.45) is 0. The van der Waals surface area contributed by atoms with Crippen molar-refractivity contribution in [1.82, 2.24) is 0 Å². The first-order chi connectivity index (χ1) is 31.8. The van der Waals surface area contributed by atoms with Crippen molar-refractivity contribution in [3.8, 4) is 33.4 Å². The number of nitrogens with zero attached hydrogens (tertiary/aromatic N) is 2. The van der Waals surface area contributed by atoms with Gasteiger partial charge in [-0.05, 0) is 105 Å². The molecule has 10 aromatic carbocycles. The molecule has 13 rings (SSSR count). The predicted octanol–water partition coefficient (Wildman–Crippen LogP) is 16.5. The SMILES string of the molecule is c1ccc(-c2ccc(N(c3cccc(-c4cccc5c4oc4ccccc45)c3)c3cccc4c3-c3ccccc3C43c4ccccc4N(c4ccccc4)c4ccccc43)cc2)cc1. The van der Waals surface area contributed by atoms with Gasteiger partial charge in [0.2, 0.25) is 0 Å². The summed E-state index contributed by atoms with van der Waals surface area (Å²) in [7, 11) is 0.